The number of anilines is 5. The number of amides is 1. The Kier molecular flexibility index (Phi) is 13.0. The highest BCUT2D eigenvalue weighted by Gasteiger charge is 2.27. The van der Waals surface area contributed by atoms with Crippen LogP contribution in [-0.4, -0.2) is 106 Å². The Balaban J connectivity index is 1.56. The molecule has 0 radical (unpaired) electrons. The van der Waals surface area contributed by atoms with Crippen molar-refractivity contribution in [1.82, 2.24) is 15.0 Å². The minimum Gasteiger partial charge on any atom is -0.505 e. The normalized spacial score (nSPS) is 12.8. The molecule has 7 N–H and O–H groups in total. The maximum absolute atomic E-state index is 12.8. The number of rotatable bonds is 15. The first-order chi connectivity index (χ1) is 28.0. The van der Waals surface area contributed by atoms with Crippen molar-refractivity contribution >= 4 is 119 Å². The van der Waals surface area contributed by atoms with Gasteiger partial charge in [0.05, 0.1) is 27.8 Å². The molecule has 1 aromatic heterocycles. The van der Waals surface area contributed by atoms with Crippen LogP contribution in [0.15, 0.2) is 90.5 Å². The number of aromatic nitrogens is 3. The van der Waals surface area contributed by atoms with E-state index >= 15 is 0 Å². The van der Waals surface area contributed by atoms with Crippen LogP contribution in [0.4, 0.5) is 40.3 Å². The van der Waals surface area contributed by atoms with Crippen LogP contribution in [0.25, 0.3) is 10.8 Å². The van der Waals surface area contributed by atoms with Gasteiger partial charge in [-0.3, -0.25) is 23.0 Å². The standard InChI is InChI=1S/C30H27ClN8O17S5/c1-15(40)32-22-14-20(58(44,45)46)10-16-11-24(60(50,51)52)26(27(41)25(16)22)38-37-21-12-17(6-7-23(21)59(47,48)49)33-29-34-28(31)35-30(36-29)39(2)18-4-3-5-19(13-18)57(42,43)9-8-56-61(53,54)55/h3-7,10-14,41H,8-9H2,1-2H3,(H,32,40)(H,44,45,46)(H,47,48,49)(H,50,51,52)(H,53,54,55)(H,33,34,35,36). The van der Waals surface area contributed by atoms with Crippen molar-refractivity contribution in [1.29, 1.82) is 0 Å². The van der Waals surface area contributed by atoms with Crippen molar-refractivity contribution < 1.29 is 74.4 Å². The van der Waals surface area contributed by atoms with Crippen molar-refractivity contribution in [2.75, 3.05) is 34.9 Å². The fourth-order valence-electron chi connectivity index (χ4n) is 5.23. The van der Waals surface area contributed by atoms with Crippen LogP contribution in [0.1, 0.15) is 6.92 Å². The van der Waals surface area contributed by atoms with E-state index in [-0.39, 0.29) is 28.2 Å². The molecule has 0 bridgehead atoms. The van der Waals surface area contributed by atoms with Gasteiger partial charge in [0.2, 0.25) is 23.1 Å². The Morgan fingerprint density at radius 2 is 1.48 bits per heavy atom. The molecule has 0 saturated heterocycles. The van der Waals surface area contributed by atoms with Gasteiger partial charge in [-0.05, 0) is 71.6 Å². The van der Waals surface area contributed by atoms with Gasteiger partial charge in [0, 0.05) is 30.7 Å². The van der Waals surface area contributed by atoms with Crippen LogP contribution in [0, 0.1) is 0 Å². The third kappa shape index (κ3) is 11.4. The summed E-state index contributed by atoms with van der Waals surface area (Å²) in [6.07, 6.45) is 0. The molecule has 31 heteroatoms. The summed E-state index contributed by atoms with van der Waals surface area (Å²) < 4.78 is 163. The topological polar surface area (TPSA) is 389 Å². The van der Waals surface area contributed by atoms with E-state index in [1.807, 2.05) is 0 Å². The SMILES string of the molecule is CC(=O)Nc1cc(S(=O)(=O)O)cc2cc(S(=O)(=O)O)c(N=Nc3cc(Nc4nc(Cl)nc(N(C)c5cccc(S(=O)(=O)CCOS(=O)(=O)O)c5)n4)ccc3S(=O)(=O)O)c(O)c12. The summed E-state index contributed by atoms with van der Waals surface area (Å²) in [5, 5.41) is 22.1. The Morgan fingerprint density at radius 1 is 0.803 bits per heavy atom. The zero-order valence-corrected chi connectivity index (χ0v) is 35.3. The summed E-state index contributed by atoms with van der Waals surface area (Å²) in [6, 6.07) is 10.00. The molecule has 1 amide bonds. The van der Waals surface area contributed by atoms with Crippen LogP contribution in [0.5, 0.6) is 5.75 Å². The summed E-state index contributed by atoms with van der Waals surface area (Å²) >= 11 is 6.14. The third-order valence-corrected chi connectivity index (χ3v) is 12.7. The van der Waals surface area contributed by atoms with Crippen LogP contribution in [0.2, 0.25) is 5.28 Å². The van der Waals surface area contributed by atoms with E-state index in [0.29, 0.717) is 18.2 Å². The number of carbonyl (C=O) groups is 1. The zero-order chi connectivity index (χ0) is 45.5. The number of azo groups is 1. The largest absolute Gasteiger partial charge is 0.505 e. The van der Waals surface area contributed by atoms with Crippen LogP contribution in [-0.2, 0) is 59.6 Å². The van der Waals surface area contributed by atoms with Gasteiger partial charge < -0.3 is 20.6 Å². The molecule has 0 aliphatic rings. The first-order valence-corrected chi connectivity index (χ1v) is 23.7. The number of sulfone groups is 1. The van der Waals surface area contributed by atoms with Gasteiger partial charge in [0.25, 0.3) is 30.4 Å². The predicted octanol–water partition coefficient (Wildman–Crippen LogP) is 3.60. The highest BCUT2D eigenvalue weighted by molar-refractivity contribution is 7.91. The number of carbonyl (C=O) groups excluding carboxylic acids is 1. The highest BCUT2D eigenvalue weighted by atomic mass is 35.5. The average Bonchev–Trinajstić information content (AvgIpc) is 3.11. The lowest BCUT2D eigenvalue weighted by Crippen LogP contribution is -2.17. The van der Waals surface area contributed by atoms with Gasteiger partial charge in [-0.15, -0.1) is 10.2 Å². The Bertz CT molecular complexity index is 3230. The number of nitrogens with one attached hydrogen (secondary N) is 2. The molecule has 326 valence electrons. The Morgan fingerprint density at radius 3 is 2.08 bits per heavy atom. The quantitative estimate of drug-likeness (QED) is 0.0582. The maximum Gasteiger partial charge on any atom is 0.397 e. The summed E-state index contributed by atoms with van der Waals surface area (Å²) in [4.78, 5) is 22.1. The number of aromatic hydroxyl groups is 1. The number of phenolic OH excluding ortho intramolecular Hbond substituents is 1. The highest BCUT2D eigenvalue weighted by Crippen LogP contribution is 2.45. The van der Waals surface area contributed by atoms with Gasteiger partial charge >= 0.3 is 10.4 Å². The van der Waals surface area contributed by atoms with E-state index in [1.54, 1.807) is 0 Å². The van der Waals surface area contributed by atoms with E-state index in [4.69, 9.17) is 16.2 Å². The van der Waals surface area contributed by atoms with Crippen molar-refractivity contribution in [3.63, 3.8) is 0 Å². The molecule has 1 heterocycles. The molecule has 5 aromatic rings. The fraction of sp³-hybridized carbons (Fsp3) is 0.133. The number of phenols is 1. The van der Waals surface area contributed by atoms with Gasteiger partial charge in [-0.1, -0.05) is 6.07 Å². The molecule has 25 nitrogen and oxygen atoms in total. The fourth-order valence-corrected chi connectivity index (χ4v) is 8.71. The molecular weight excluding hydrogens is 940 g/mol. The van der Waals surface area contributed by atoms with E-state index < -0.39 is 122 Å². The third-order valence-electron chi connectivity index (χ3n) is 7.81. The van der Waals surface area contributed by atoms with E-state index in [1.165, 1.54) is 36.2 Å². The van der Waals surface area contributed by atoms with Gasteiger partial charge in [-0.2, -0.15) is 48.6 Å². The van der Waals surface area contributed by atoms with Crippen molar-refractivity contribution in [3.8, 4) is 5.75 Å². The number of fused-ring (bicyclic) bond motifs is 1. The molecule has 0 unspecified atom stereocenters. The lowest BCUT2D eigenvalue weighted by molar-refractivity contribution is -0.114. The smallest absolute Gasteiger partial charge is 0.397 e. The second-order valence-corrected chi connectivity index (χ2v) is 19.8. The second-order valence-electron chi connectivity index (χ2n) is 12.1. The van der Waals surface area contributed by atoms with Gasteiger partial charge in [-0.25, -0.2) is 12.6 Å². The first-order valence-electron chi connectivity index (χ1n) is 16.0. The van der Waals surface area contributed by atoms with Crippen molar-refractivity contribution in [2.45, 2.75) is 26.5 Å². The molecule has 0 saturated carbocycles. The summed E-state index contributed by atoms with van der Waals surface area (Å²) in [6.45, 7) is 0.112. The van der Waals surface area contributed by atoms with Crippen LogP contribution >= 0.6 is 11.6 Å². The Hall–Kier alpha value is -5.54. The molecule has 4 aromatic carbocycles. The predicted molar refractivity (Wildman–Crippen MR) is 212 cm³/mol. The van der Waals surface area contributed by atoms with E-state index in [9.17, 15) is 65.6 Å². The monoisotopic (exact) mass is 966 g/mol. The lowest BCUT2D eigenvalue weighted by Gasteiger charge is -2.19. The van der Waals surface area contributed by atoms with Crippen LogP contribution < -0.4 is 15.5 Å². The number of hydrogen-bond acceptors (Lipinski definition) is 20. The first kappa shape index (κ1) is 46.5. The zero-order valence-electron chi connectivity index (χ0n) is 30.4. The lowest BCUT2D eigenvalue weighted by atomic mass is 10.1. The maximum atomic E-state index is 12.8. The number of hydrogen-bond donors (Lipinski definition) is 7. The Labute approximate surface area is 350 Å². The van der Waals surface area contributed by atoms with Crippen LogP contribution in [0.3, 0.4) is 0 Å². The van der Waals surface area contributed by atoms with Crippen molar-refractivity contribution in [2.24, 2.45) is 10.2 Å². The molecular formula is C30H27ClN8O17S5. The molecule has 5 rings (SSSR count). The summed E-state index contributed by atoms with van der Waals surface area (Å²) in [5.41, 5.74) is -2.24. The molecule has 61 heavy (non-hydrogen) atoms. The number of halogens is 1. The molecule has 0 atom stereocenters. The van der Waals surface area contributed by atoms with Gasteiger partial charge in [0.15, 0.2) is 15.6 Å². The minimum absolute atomic E-state index is 0.110. The average molecular weight is 967 g/mol. The van der Waals surface area contributed by atoms with E-state index in [2.05, 4.69) is 40.0 Å². The number of nitrogens with zero attached hydrogens (tertiary/aromatic N) is 6. The minimum atomic E-state index is -5.37. The molecule has 0 aliphatic carbocycles. The second kappa shape index (κ2) is 17.1. The molecule has 0 aliphatic heterocycles. The molecule has 0 spiro atoms. The number of benzene rings is 4. The summed E-state index contributed by atoms with van der Waals surface area (Å²) in [7, 11) is -23.1. The van der Waals surface area contributed by atoms with Gasteiger partial charge in [0.1, 0.15) is 21.2 Å². The molecule has 0 fully saturated rings. The van der Waals surface area contributed by atoms with E-state index in [0.717, 1.165) is 25.1 Å². The van der Waals surface area contributed by atoms with Crippen molar-refractivity contribution in [3.05, 3.63) is 65.9 Å². The summed E-state index contributed by atoms with van der Waals surface area (Å²) in [5.74, 6) is -3.32.